The molecule has 2 aromatic rings. The van der Waals surface area contributed by atoms with Gasteiger partial charge in [0.1, 0.15) is 5.75 Å². The first kappa shape index (κ1) is 8.63. The van der Waals surface area contributed by atoms with Crippen molar-refractivity contribution in [2.24, 2.45) is 0 Å². The molecule has 0 aliphatic rings. The summed E-state index contributed by atoms with van der Waals surface area (Å²) in [6.45, 7) is 0. The Balaban J connectivity index is 2.24. The standard InChI is InChI=1S/C12H9O2/c13-11-8-4-5-9-12(11)14-10-6-2-1-3-7-10/h1-9H. The average Bonchev–Trinajstić information content (AvgIpc) is 2.23. The van der Waals surface area contributed by atoms with Gasteiger partial charge < -0.3 is 4.74 Å². The molecule has 2 aromatic carbocycles. The minimum absolute atomic E-state index is 0.101. The first-order valence-corrected chi connectivity index (χ1v) is 4.35. The second-order valence-electron chi connectivity index (χ2n) is 2.86. The molecule has 0 aliphatic carbocycles. The largest absolute Gasteiger partial charge is 0.453 e. The first-order valence-electron chi connectivity index (χ1n) is 4.35. The van der Waals surface area contributed by atoms with E-state index in [1.165, 1.54) is 6.07 Å². The summed E-state index contributed by atoms with van der Waals surface area (Å²) in [4.78, 5) is 0. The van der Waals surface area contributed by atoms with Crippen LogP contribution in [0.15, 0.2) is 54.6 Å². The molecule has 0 saturated carbocycles. The molecule has 0 unspecified atom stereocenters. The molecular weight excluding hydrogens is 176 g/mol. The number of para-hydroxylation sites is 3. The maximum absolute atomic E-state index is 11.3. The van der Waals surface area contributed by atoms with Gasteiger partial charge in [0.25, 0.3) is 0 Å². The fourth-order valence-corrected chi connectivity index (χ4v) is 1.15. The molecule has 0 spiro atoms. The molecule has 0 N–H and O–H groups in total. The van der Waals surface area contributed by atoms with Gasteiger partial charge in [0, 0.05) is 0 Å². The van der Waals surface area contributed by atoms with E-state index < -0.39 is 0 Å². The summed E-state index contributed by atoms with van der Waals surface area (Å²) in [7, 11) is 0. The van der Waals surface area contributed by atoms with Crippen LogP contribution in [0.3, 0.4) is 0 Å². The molecule has 0 fully saturated rings. The molecule has 0 atom stereocenters. The summed E-state index contributed by atoms with van der Waals surface area (Å²) in [5, 5.41) is 11.3. The van der Waals surface area contributed by atoms with Gasteiger partial charge in [-0.15, -0.1) is 0 Å². The number of benzene rings is 2. The zero-order valence-electron chi connectivity index (χ0n) is 7.51. The normalized spacial score (nSPS) is 9.71. The summed E-state index contributed by atoms with van der Waals surface area (Å²) in [5.74, 6) is 0.936. The van der Waals surface area contributed by atoms with Gasteiger partial charge in [-0.2, -0.15) is 0 Å². The number of ether oxygens (including phenoxy) is 1. The number of hydrogen-bond acceptors (Lipinski definition) is 1. The number of hydrogen-bond donors (Lipinski definition) is 0. The third-order valence-corrected chi connectivity index (χ3v) is 1.82. The van der Waals surface area contributed by atoms with Crippen molar-refractivity contribution in [2.75, 3.05) is 0 Å². The van der Waals surface area contributed by atoms with Crippen LogP contribution in [0.5, 0.6) is 17.2 Å². The van der Waals surface area contributed by atoms with Crippen molar-refractivity contribution in [3.05, 3.63) is 54.6 Å². The van der Waals surface area contributed by atoms with Crippen molar-refractivity contribution in [1.29, 1.82) is 0 Å². The molecule has 0 saturated heterocycles. The summed E-state index contributed by atoms with van der Waals surface area (Å²) in [5.41, 5.74) is 0. The molecule has 0 aromatic heterocycles. The Morgan fingerprint density at radius 1 is 0.786 bits per heavy atom. The Bertz CT molecular complexity index is 410. The molecule has 0 heterocycles. The molecule has 1 radical (unpaired) electrons. The van der Waals surface area contributed by atoms with Gasteiger partial charge >= 0.3 is 0 Å². The highest BCUT2D eigenvalue weighted by Crippen LogP contribution is 2.29. The molecule has 14 heavy (non-hydrogen) atoms. The Kier molecular flexibility index (Phi) is 2.36. The average molecular weight is 185 g/mol. The molecule has 2 heteroatoms. The summed E-state index contributed by atoms with van der Waals surface area (Å²) < 4.78 is 5.40. The van der Waals surface area contributed by atoms with E-state index in [0.717, 1.165) is 0 Å². The smallest absolute Gasteiger partial charge is 0.221 e. The van der Waals surface area contributed by atoms with E-state index in [1.54, 1.807) is 18.2 Å². The Morgan fingerprint density at radius 2 is 1.43 bits per heavy atom. The predicted molar refractivity (Wildman–Crippen MR) is 53.1 cm³/mol. The highest BCUT2D eigenvalue weighted by molar-refractivity contribution is 5.41. The van der Waals surface area contributed by atoms with E-state index >= 15 is 0 Å². The topological polar surface area (TPSA) is 29.1 Å². The predicted octanol–water partition coefficient (Wildman–Crippen LogP) is 3.62. The summed E-state index contributed by atoms with van der Waals surface area (Å²) >= 11 is 0. The Hall–Kier alpha value is -1.96. The van der Waals surface area contributed by atoms with E-state index in [4.69, 9.17) is 4.74 Å². The monoisotopic (exact) mass is 185 g/mol. The quantitative estimate of drug-likeness (QED) is 0.702. The summed E-state index contributed by atoms with van der Waals surface area (Å²) in [6.07, 6.45) is 0. The highest BCUT2D eigenvalue weighted by Gasteiger charge is 2.02. The lowest BCUT2D eigenvalue weighted by molar-refractivity contribution is 0.329. The second-order valence-corrected chi connectivity index (χ2v) is 2.86. The van der Waals surface area contributed by atoms with Gasteiger partial charge in [-0.3, -0.25) is 5.11 Å². The second kappa shape index (κ2) is 3.83. The van der Waals surface area contributed by atoms with Gasteiger partial charge in [0.2, 0.25) is 5.75 Å². The lowest BCUT2D eigenvalue weighted by Crippen LogP contribution is -1.82. The van der Waals surface area contributed by atoms with Crippen molar-refractivity contribution in [3.63, 3.8) is 0 Å². The van der Waals surface area contributed by atoms with Crippen LogP contribution in [0.25, 0.3) is 0 Å². The van der Waals surface area contributed by atoms with Gasteiger partial charge in [-0.25, -0.2) is 0 Å². The van der Waals surface area contributed by atoms with Crippen LogP contribution < -0.4 is 4.74 Å². The number of rotatable bonds is 2. The lowest BCUT2D eigenvalue weighted by atomic mass is 10.3. The zero-order valence-corrected chi connectivity index (χ0v) is 7.51. The molecule has 0 amide bonds. The maximum Gasteiger partial charge on any atom is 0.221 e. The van der Waals surface area contributed by atoms with Crippen LogP contribution in [0.2, 0.25) is 0 Å². The van der Waals surface area contributed by atoms with Crippen LogP contribution in [0.4, 0.5) is 0 Å². The molecule has 0 aliphatic heterocycles. The van der Waals surface area contributed by atoms with Crippen LogP contribution in [0, 0.1) is 0 Å². The van der Waals surface area contributed by atoms with Crippen LogP contribution in [-0.2, 0) is 5.11 Å². The fraction of sp³-hybridized carbons (Fsp3) is 0. The maximum atomic E-state index is 11.3. The minimum Gasteiger partial charge on any atom is -0.453 e. The van der Waals surface area contributed by atoms with Crippen molar-refractivity contribution in [2.45, 2.75) is 0 Å². The third-order valence-electron chi connectivity index (χ3n) is 1.82. The van der Waals surface area contributed by atoms with E-state index in [9.17, 15) is 5.11 Å². The van der Waals surface area contributed by atoms with Gasteiger partial charge in [-0.1, -0.05) is 30.3 Å². The van der Waals surface area contributed by atoms with E-state index in [0.29, 0.717) is 11.5 Å². The van der Waals surface area contributed by atoms with Gasteiger partial charge in [0.15, 0.2) is 5.75 Å². The van der Waals surface area contributed by atoms with Crippen LogP contribution in [0.1, 0.15) is 0 Å². The molecule has 2 nitrogen and oxygen atoms in total. The van der Waals surface area contributed by atoms with Crippen molar-refractivity contribution < 1.29 is 9.84 Å². The molecule has 69 valence electrons. The van der Waals surface area contributed by atoms with Gasteiger partial charge in [0.05, 0.1) is 0 Å². The fourth-order valence-electron chi connectivity index (χ4n) is 1.15. The van der Waals surface area contributed by atoms with Crippen LogP contribution in [-0.4, -0.2) is 0 Å². The molecule has 0 bridgehead atoms. The SMILES string of the molecule is [O]c1ccccc1Oc1ccccc1. The van der Waals surface area contributed by atoms with E-state index in [-0.39, 0.29) is 5.75 Å². The lowest BCUT2D eigenvalue weighted by Gasteiger charge is -2.04. The Labute approximate surface area is 82.4 Å². The molecular formula is C12H9O2. The zero-order chi connectivity index (χ0) is 9.80. The summed E-state index contributed by atoms with van der Waals surface area (Å²) in [6, 6.07) is 15.9. The van der Waals surface area contributed by atoms with E-state index in [2.05, 4.69) is 0 Å². The van der Waals surface area contributed by atoms with Crippen LogP contribution >= 0.6 is 0 Å². The molecule has 2 rings (SSSR count). The minimum atomic E-state index is -0.101. The van der Waals surface area contributed by atoms with E-state index in [1.807, 2.05) is 30.3 Å². The third kappa shape index (κ3) is 1.85. The Morgan fingerprint density at radius 3 is 2.14 bits per heavy atom. The van der Waals surface area contributed by atoms with Gasteiger partial charge in [-0.05, 0) is 24.3 Å². The van der Waals surface area contributed by atoms with Crippen molar-refractivity contribution in [1.82, 2.24) is 0 Å². The first-order chi connectivity index (χ1) is 6.86. The highest BCUT2D eigenvalue weighted by atomic mass is 16.5. The van der Waals surface area contributed by atoms with Crippen molar-refractivity contribution in [3.8, 4) is 17.2 Å². The van der Waals surface area contributed by atoms with Crippen molar-refractivity contribution >= 4 is 0 Å².